The minimum atomic E-state index is 0.433. The Morgan fingerprint density at radius 2 is 1.76 bits per heavy atom. The summed E-state index contributed by atoms with van der Waals surface area (Å²) in [7, 11) is 0. The highest BCUT2D eigenvalue weighted by Crippen LogP contribution is 2.26. The van der Waals surface area contributed by atoms with Crippen LogP contribution in [-0.4, -0.2) is 24.7 Å². The van der Waals surface area contributed by atoms with Crippen LogP contribution in [-0.2, 0) is 13.1 Å². The molecule has 2 aromatic heterocycles. The van der Waals surface area contributed by atoms with Crippen LogP contribution in [0, 0.1) is 20.8 Å². The van der Waals surface area contributed by atoms with E-state index in [-0.39, 0.29) is 0 Å². The molecule has 0 aliphatic rings. The number of halogens is 3. The third-order valence-electron chi connectivity index (χ3n) is 5.48. The van der Waals surface area contributed by atoms with Gasteiger partial charge >= 0.3 is 0 Å². The first-order valence-electron chi connectivity index (χ1n) is 10.5. The van der Waals surface area contributed by atoms with Crippen molar-refractivity contribution in [3.63, 3.8) is 0 Å². The van der Waals surface area contributed by atoms with Crippen LogP contribution in [0.5, 0.6) is 0 Å². The van der Waals surface area contributed by atoms with Crippen LogP contribution >= 0.6 is 51.3 Å². The lowest BCUT2D eigenvalue weighted by Crippen LogP contribution is -2.20. The van der Waals surface area contributed by atoms with Crippen molar-refractivity contribution < 1.29 is 0 Å². The number of aryl methyl sites for hydroxylation is 2. The number of nitrogens with zero attached hydrogens (tertiary/aromatic N) is 4. The predicted molar refractivity (Wildman–Crippen MR) is 147 cm³/mol. The number of anilines is 2. The Morgan fingerprint density at radius 1 is 1.00 bits per heavy atom. The molecule has 2 N–H and O–H groups in total. The lowest BCUT2D eigenvalue weighted by atomic mass is 10.1. The van der Waals surface area contributed by atoms with Gasteiger partial charge < -0.3 is 10.6 Å². The molecule has 176 valence electrons. The van der Waals surface area contributed by atoms with E-state index in [1.165, 1.54) is 11.1 Å². The van der Waals surface area contributed by atoms with Crippen molar-refractivity contribution in [2.45, 2.75) is 33.9 Å². The second-order valence-electron chi connectivity index (χ2n) is 7.98. The van der Waals surface area contributed by atoms with Gasteiger partial charge in [-0.25, -0.2) is 0 Å². The summed E-state index contributed by atoms with van der Waals surface area (Å²) in [6.07, 6.45) is 1.88. The van der Waals surface area contributed by atoms with E-state index in [9.17, 15) is 0 Å². The number of rotatable bonds is 6. The van der Waals surface area contributed by atoms with Gasteiger partial charge in [0.2, 0.25) is 0 Å². The first kappa shape index (κ1) is 24.7. The van der Waals surface area contributed by atoms with E-state index in [0.29, 0.717) is 34.1 Å². The molecule has 4 aromatic rings. The molecule has 6 nitrogen and oxygen atoms in total. The highest BCUT2D eigenvalue weighted by atomic mass is 79.9. The molecule has 0 saturated heterocycles. The Bertz CT molecular complexity index is 1360. The molecule has 0 aliphatic carbocycles. The average Bonchev–Trinajstić information content (AvgIpc) is 3.25. The fourth-order valence-electron chi connectivity index (χ4n) is 3.62. The molecule has 0 saturated carbocycles. The fraction of sp³-hybridized carbons (Fsp3) is 0.208. The van der Waals surface area contributed by atoms with Crippen molar-refractivity contribution in [1.82, 2.24) is 19.6 Å². The molecule has 0 amide bonds. The minimum Gasteiger partial charge on any atom is -0.329 e. The lowest BCUT2D eigenvalue weighted by molar-refractivity contribution is 0.657. The van der Waals surface area contributed by atoms with Crippen LogP contribution in [0.15, 0.2) is 53.1 Å². The second-order valence-corrected chi connectivity index (χ2v) is 10.1. The standard InChI is InChI=1S/C24H23BrCl2N6S/c1-14-6-4-5-7-18(14)12-33-16(3)22(15(2)30-33)28-24(34)29-23-19(25)13-32(31-23)11-17-8-9-20(26)21(27)10-17/h4-10,13H,11-12H2,1-3H3,(H2,28,29,31,34). The second kappa shape index (κ2) is 10.5. The number of nitrogens with one attached hydrogen (secondary N) is 2. The van der Waals surface area contributed by atoms with Gasteiger partial charge in [0.05, 0.1) is 44.7 Å². The van der Waals surface area contributed by atoms with Gasteiger partial charge in [0, 0.05) is 6.20 Å². The molecule has 2 aromatic carbocycles. The summed E-state index contributed by atoms with van der Waals surface area (Å²) in [4.78, 5) is 0. The maximum Gasteiger partial charge on any atom is 0.176 e. The highest BCUT2D eigenvalue weighted by Gasteiger charge is 2.15. The van der Waals surface area contributed by atoms with Gasteiger partial charge in [0.1, 0.15) is 0 Å². The predicted octanol–water partition coefficient (Wildman–Crippen LogP) is 6.98. The third kappa shape index (κ3) is 5.63. The SMILES string of the molecule is Cc1ccccc1Cn1nc(C)c(NC(=S)Nc2nn(Cc3ccc(Cl)c(Cl)c3)cc2Br)c1C. The van der Waals surface area contributed by atoms with E-state index in [4.69, 9.17) is 40.5 Å². The number of hydrogen-bond donors (Lipinski definition) is 2. The van der Waals surface area contributed by atoms with E-state index in [2.05, 4.69) is 50.7 Å². The van der Waals surface area contributed by atoms with Crippen molar-refractivity contribution in [3.8, 4) is 0 Å². The highest BCUT2D eigenvalue weighted by molar-refractivity contribution is 9.10. The monoisotopic (exact) mass is 576 g/mol. The normalized spacial score (nSPS) is 11.0. The number of thiocarbonyl (C=S) groups is 1. The molecular weight excluding hydrogens is 555 g/mol. The van der Waals surface area contributed by atoms with E-state index < -0.39 is 0 Å². The molecule has 0 fully saturated rings. The zero-order valence-electron chi connectivity index (χ0n) is 18.9. The summed E-state index contributed by atoms with van der Waals surface area (Å²) in [5.74, 6) is 0.611. The maximum atomic E-state index is 6.13. The van der Waals surface area contributed by atoms with E-state index in [0.717, 1.165) is 27.1 Å². The zero-order valence-corrected chi connectivity index (χ0v) is 22.8. The van der Waals surface area contributed by atoms with Gasteiger partial charge in [0.15, 0.2) is 10.9 Å². The van der Waals surface area contributed by atoms with Gasteiger partial charge in [0.25, 0.3) is 0 Å². The summed E-state index contributed by atoms with van der Waals surface area (Å²) >= 11 is 21.3. The van der Waals surface area contributed by atoms with Gasteiger partial charge in [-0.2, -0.15) is 10.2 Å². The summed E-state index contributed by atoms with van der Waals surface area (Å²) in [6.45, 7) is 7.35. The Balaban J connectivity index is 1.44. The van der Waals surface area contributed by atoms with E-state index in [1.54, 1.807) is 10.7 Å². The van der Waals surface area contributed by atoms with Gasteiger partial charge in [-0.1, -0.05) is 53.5 Å². The Hall–Kier alpha value is -2.39. The number of aromatic nitrogens is 4. The van der Waals surface area contributed by atoms with Crippen LogP contribution < -0.4 is 10.6 Å². The fourth-order valence-corrected chi connectivity index (χ4v) is 4.55. The minimum absolute atomic E-state index is 0.433. The summed E-state index contributed by atoms with van der Waals surface area (Å²) in [6, 6.07) is 13.8. The first-order valence-corrected chi connectivity index (χ1v) is 12.5. The van der Waals surface area contributed by atoms with Gasteiger partial charge in [-0.3, -0.25) is 9.36 Å². The summed E-state index contributed by atoms with van der Waals surface area (Å²) in [5, 5.41) is 17.2. The van der Waals surface area contributed by atoms with Crippen LogP contribution in [0.3, 0.4) is 0 Å². The van der Waals surface area contributed by atoms with Crippen molar-refractivity contribution in [1.29, 1.82) is 0 Å². The topological polar surface area (TPSA) is 59.7 Å². The van der Waals surface area contributed by atoms with Crippen molar-refractivity contribution in [2.75, 3.05) is 10.6 Å². The van der Waals surface area contributed by atoms with Crippen molar-refractivity contribution >= 4 is 68.0 Å². The lowest BCUT2D eigenvalue weighted by Gasteiger charge is -2.11. The van der Waals surface area contributed by atoms with Crippen LogP contribution in [0.4, 0.5) is 11.5 Å². The van der Waals surface area contributed by atoms with Crippen molar-refractivity contribution in [3.05, 3.63) is 91.3 Å². The smallest absolute Gasteiger partial charge is 0.176 e. The maximum absolute atomic E-state index is 6.13. The van der Waals surface area contributed by atoms with E-state index >= 15 is 0 Å². The van der Waals surface area contributed by atoms with Gasteiger partial charge in [-0.15, -0.1) is 0 Å². The molecule has 0 spiro atoms. The molecule has 0 radical (unpaired) electrons. The summed E-state index contributed by atoms with van der Waals surface area (Å²) in [5.41, 5.74) is 6.23. The van der Waals surface area contributed by atoms with Crippen LogP contribution in [0.25, 0.3) is 0 Å². The first-order chi connectivity index (χ1) is 16.2. The largest absolute Gasteiger partial charge is 0.329 e. The van der Waals surface area contributed by atoms with Crippen LogP contribution in [0.2, 0.25) is 10.0 Å². The van der Waals surface area contributed by atoms with Crippen molar-refractivity contribution in [2.24, 2.45) is 0 Å². The average molecular weight is 578 g/mol. The third-order valence-corrected chi connectivity index (χ3v) is 7.00. The zero-order chi connectivity index (χ0) is 24.4. The molecule has 0 unspecified atom stereocenters. The molecule has 10 heteroatoms. The molecule has 0 aliphatic heterocycles. The molecular formula is C24H23BrCl2N6S. The Labute approximate surface area is 222 Å². The van der Waals surface area contributed by atoms with Gasteiger partial charge in [-0.05, 0) is 77.7 Å². The molecule has 0 atom stereocenters. The number of benzene rings is 2. The molecule has 4 rings (SSSR count). The Kier molecular flexibility index (Phi) is 7.62. The van der Waals surface area contributed by atoms with Crippen LogP contribution in [0.1, 0.15) is 28.1 Å². The molecule has 0 bridgehead atoms. The summed E-state index contributed by atoms with van der Waals surface area (Å²) < 4.78 is 4.58. The molecule has 34 heavy (non-hydrogen) atoms. The number of hydrogen-bond acceptors (Lipinski definition) is 3. The van der Waals surface area contributed by atoms with E-state index in [1.807, 2.05) is 49.0 Å². The molecule has 2 heterocycles. The quantitative estimate of drug-likeness (QED) is 0.242. The Morgan fingerprint density at radius 3 is 2.50 bits per heavy atom.